The van der Waals surface area contributed by atoms with Crippen LogP contribution in [0.5, 0.6) is 0 Å². The largest absolute Gasteiger partial charge is 0.460 e. The van der Waals surface area contributed by atoms with Crippen LogP contribution in [0.25, 0.3) is 0 Å². The summed E-state index contributed by atoms with van der Waals surface area (Å²) in [6.45, 7) is 8.89. The first kappa shape index (κ1) is 20.7. The monoisotopic (exact) mass is 381 g/mol. The summed E-state index contributed by atoms with van der Waals surface area (Å²) in [6, 6.07) is 4.52. The predicted octanol–water partition coefficient (Wildman–Crippen LogP) is 4.43. The molecule has 0 fully saturated rings. The molecular weight excluding hydrogens is 359 g/mol. The highest BCUT2D eigenvalue weighted by atomic mass is 19.4. The van der Waals surface area contributed by atoms with Crippen LogP contribution >= 0.6 is 0 Å². The number of nitrogens with zero attached hydrogens (tertiary/aromatic N) is 1. The van der Waals surface area contributed by atoms with Gasteiger partial charge in [-0.05, 0) is 38.5 Å². The Hall–Kier alpha value is -2.57. The van der Waals surface area contributed by atoms with Crippen molar-refractivity contribution in [2.45, 2.75) is 45.4 Å². The summed E-state index contributed by atoms with van der Waals surface area (Å²) in [4.78, 5) is 26.6. The van der Waals surface area contributed by atoms with E-state index in [1.807, 2.05) is 0 Å². The number of benzene rings is 1. The SMILES string of the molecule is C=CCN1C(=O)C[C@H](c2ccc(C(F)(F)F)cc2)C(C(=O)OC(C)C)=C1C. The standard InChI is InChI=1S/C20H22F3NO3/c1-5-10-24-13(4)18(19(26)27-12(2)3)16(11-17(24)25)14-6-8-15(9-7-14)20(21,22)23/h5-9,12,16H,1,10-11H2,2-4H3/t16-/m1/s1. The van der Waals surface area contributed by atoms with Crippen molar-refractivity contribution in [2.75, 3.05) is 6.54 Å². The van der Waals surface area contributed by atoms with Gasteiger partial charge in [0, 0.05) is 24.6 Å². The molecular formula is C20H22F3NO3. The Bertz CT molecular complexity index is 764. The molecule has 1 amide bonds. The Kier molecular flexibility index (Phi) is 6.13. The van der Waals surface area contributed by atoms with Crippen LogP contribution in [-0.4, -0.2) is 29.4 Å². The smallest absolute Gasteiger partial charge is 0.416 e. The van der Waals surface area contributed by atoms with Crippen molar-refractivity contribution in [3.63, 3.8) is 0 Å². The van der Waals surface area contributed by atoms with Gasteiger partial charge in [0.2, 0.25) is 5.91 Å². The van der Waals surface area contributed by atoms with Gasteiger partial charge in [-0.15, -0.1) is 6.58 Å². The van der Waals surface area contributed by atoms with E-state index >= 15 is 0 Å². The Morgan fingerprint density at radius 1 is 1.33 bits per heavy atom. The van der Waals surface area contributed by atoms with Crippen LogP contribution in [0.2, 0.25) is 0 Å². The van der Waals surface area contributed by atoms with Gasteiger partial charge in [0.05, 0.1) is 17.2 Å². The first-order valence-corrected chi connectivity index (χ1v) is 8.56. The second-order valence-corrected chi connectivity index (χ2v) is 6.62. The van der Waals surface area contributed by atoms with Gasteiger partial charge in [-0.2, -0.15) is 13.2 Å². The summed E-state index contributed by atoms with van der Waals surface area (Å²) in [5.74, 6) is -1.46. The number of carbonyl (C=O) groups is 2. The van der Waals surface area contributed by atoms with Crippen molar-refractivity contribution in [2.24, 2.45) is 0 Å². The first-order valence-electron chi connectivity index (χ1n) is 8.56. The van der Waals surface area contributed by atoms with Crippen LogP contribution < -0.4 is 0 Å². The lowest BCUT2D eigenvalue weighted by molar-refractivity contribution is -0.144. The zero-order valence-electron chi connectivity index (χ0n) is 15.5. The third-order valence-corrected chi connectivity index (χ3v) is 4.34. The van der Waals surface area contributed by atoms with Gasteiger partial charge >= 0.3 is 12.1 Å². The average Bonchev–Trinajstić information content (AvgIpc) is 2.56. The fourth-order valence-electron chi connectivity index (χ4n) is 3.10. The lowest BCUT2D eigenvalue weighted by Crippen LogP contribution is -2.38. The Morgan fingerprint density at radius 3 is 2.41 bits per heavy atom. The van der Waals surface area contributed by atoms with Crippen LogP contribution in [0.1, 0.15) is 44.2 Å². The fourth-order valence-corrected chi connectivity index (χ4v) is 3.10. The summed E-state index contributed by atoms with van der Waals surface area (Å²) in [5, 5.41) is 0. The van der Waals surface area contributed by atoms with Crippen LogP contribution in [-0.2, 0) is 20.5 Å². The predicted molar refractivity (Wildman–Crippen MR) is 94.6 cm³/mol. The number of hydrogen-bond donors (Lipinski definition) is 0. The molecule has 0 aromatic heterocycles. The summed E-state index contributed by atoms with van der Waals surface area (Å²) in [7, 11) is 0. The molecule has 0 N–H and O–H groups in total. The number of amides is 1. The maximum atomic E-state index is 12.8. The van der Waals surface area contributed by atoms with Crippen molar-refractivity contribution >= 4 is 11.9 Å². The van der Waals surface area contributed by atoms with E-state index in [1.165, 1.54) is 17.0 Å². The normalized spacial score (nSPS) is 18.1. The van der Waals surface area contributed by atoms with Crippen LogP contribution in [0.3, 0.4) is 0 Å². The van der Waals surface area contributed by atoms with Gasteiger partial charge in [-0.25, -0.2) is 4.79 Å². The molecule has 1 aromatic rings. The van der Waals surface area contributed by atoms with E-state index in [-0.39, 0.29) is 30.5 Å². The Balaban J connectivity index is 2.50. The van der Waals surface area contributed by atoms with Crippen LogP contribution in [0, 0.1) is 0 Å². The van der Waals surface area contributed by atoms with Crippen molar-refractivity contribution < 1.29 is 27.5 Å². The topological polar surface area (TPSA) is 46.6 Å². The molecule has 7 heteroatoms. The highest BCUT2D eigenvalue weighted by molar-refractivity contribution is 5.96. The molecule has 0 saturated carbocycles. The summed E-state index contributed by atoms with van der Waals surface area (Å²) >= 11 is 0. The lowest BCUT2D eigenvalue weighted by Gasteiger charge is -2.34. The van der Waals surface area contributed by atoms with Crippen molar-refractivity contribution in [3.8, 4) is 0 Å². The number of hydrogen-bond acceptors (Lipinski definition) is 3. The molecule has 1 aromatic carbocycles. The molecule has 0 unspecified atom stereocenters. The van der Waals surface area contributed by atoms with E-state index < -0.39 is 23.6 Å². The molecule has 2 rings (SSSR count). The summed E-state index contributed by atoms with van der Waals surface area (Å²) < 4.78 is 43.8. The zero-order valence-corrected chi connectivity index (χ0v) is 15.5. The van der Waals surface area contributed by atoms with E-state index in [0.29, 0.717) is 11.3 Å². The fraction of sp³-hybridized carbons (Fsp3) is 0.400. The molecule has 0 bridgehead atoms. The van der Waals surface area contributed by atoms with Crippen LogP contribution in [0.4, 0.5) is 13.2 Å². The number of halogens is 3. The molecule has 146 valence electrons. The van der Waals surface area contributed by atoms with Crippen LogP contribution in [0.15, 0.2) is 48.2 Å². The number of rotatable bonds is 5. The number of esters is 1. The maximum absolute atomic E-state index is 12.8. The molecule has 27 heavy (non-hydrogen) atoms. The van der Waals surface area contributed by atoms with Gasteiger partial charge in [0.15, 0.2) is 0 Å². The quantitative estimate of drug-likeness (QED) is 0.560. The van der Waals surface area contributed by atoms with Crippen molar-refractivity contribution in [3.05, 3.63) is 59.3 Å². The zero-order chi connectivity index (χ0) is 20.4. The Labute approximate surface area is 156 Å². The van der Waals surface area contributed by atoms with Gasteiger partial charge in [0.25, 0.3) is 0 Å². The molecule has 1 atom stereocenters. The number of alkyl halides is 3. The molecule has 1 aliphatic heterocycles. The minimum absolute atomic E-state index is 0.0287. The molecule has 1 heterocycles. The minimum atomic E-state index is -4.45. The molecule has 0 saturated heterocycles. The van der Waals surface area contributed by atoms with Gasteiger partial charge < -0.3 is 9.64 Å². The highest BCUT2D eigenvalue weighted by Crippen LogP contribution is 2.38. The van der Waals surface area contributed by atoms with E-state index in [9.17, 15) is 22.8 Å². The minimum Gasteiger partial charge on any atom is -0.460 e. The highest BCUT2D eigenvalue weighted by Gasteiger charge is 2.37. The lowest BCUT2D eigenvalue weighted by atomic mass is 9.83. The summed E-state index contributed by atoms with van der Waals surface area (Å²) in [5.41, 5.74) is 0.393. The molecule has 4 nitrogen and oxygen atoms in total. The van der Waals surface area contributed by atoms with Gasteiger partial charge in [-0.3, -0.25) is 4.79 Å². The van der Waals surface area contributed by atoms with E-state index in [0.717, 1.165) is 12.1 Å². The average molecular weight is 381 g/mol. The van der Waals surface area contributed by atoms with Gasteiger partial charge in [-0.1, -0.05) is 18.2 Å². The first-order chi connectivity index (χ1) is 12.6. The summed E-state index contributed by atoms with van der Waals surface area (Å²) in [6.07, 6.45) is -3.30. The Morgan fingerprint density at radius 2 is 1.93 bits per heavy atom. The molecule has 0 spiro atoms. The van der Waals surface area contributed by atoms with E-state index in [4.69, 9.17) is 4.74 Å². The third kappa shape index (κ3) is 4.59. The number of allylic oxidation sites excluding steroid dienone is 1. The number of ether oxygens (including phenoxy) is 1. The second-order valence-electron chi connectivity index (χ2n) is 6.62. The van der Waals surface area contributed by atoms with Crippen molar-refractivity contribution in [1.82, 2.24) is 4.90 Å². The van der Waals surface area contributed by atoms with E-state index in [1.54, 1.807) is 26.8 Å². The van der Waals surface area contributed by atoms with Gasteiger partial charge in [0.1, 0.15) is 0 Å². The third-order valence-electron chi connectivity index (χ3n) is 4.34. The molecule has 0 radical (unpaired) electrons. The number of carbonyl (C=O) groups excluding carboxylic acids is 2. The molecule has 1 aliphatic rings. The second kappa shape index (κ2) is 7.98. The molecule has 0 aliphatic carbocycles. The van der Waals surface area contributed by atoms with Crippen molar-refractivity contribution in [1.29, 1.82) is 0 Å². The maximum Gasteiger partial charge on any atom is 0.416 e. The van der Waals surface area contributed by atoms with E-state index in [2.05, 4.69) is 6.58 Å².